The number of nitrogens with one attached hydrogen (secondary N) is 1. The average Bonchev–Trinajstić information content (AvgIpc) is 2.75. The van der Waals surface area contributed by atoms with Crippen LogP contribution in [0.3, 0.4) is 0 Å². The molecule has 0 heterocycles. The van der Waals surface area contributed by atoms with Gasteiger partial charge in [-0.15, -0.1) is 0 Å². The monoisotopic (exact) mass is 458 g/mol. The molecule has 5 nitrogen and oxygen atoms in total. The van der Waals surface area contributed by atoms with Gasteiger partial charge in [0.25, 0.3) is 0 Å². The highest BCUT2D eigenvalue weighted by Crippen LogP contribution is 2.26. The van der Waals surface area contributed by atoms with E-state index in [1.54, 1.807) is 0 Å². The standard InChI is InChI=1S/C24H24F2N2O3S/c1-16-9-11-19(12-10-16)23(18-7-5-4-6-8-18)27-24(29)17(2)28(32(3,30)31)20-13-14-21(25)22(26)15-20/h4-15,17,23H,1-3H3,(H,27,29). The lowest BCUT2D eigenvalue weighted by molar-refractivity contribution is -0.122. The Morgan fingerprint density at radius 3 is 2.06 bits per heavy atom. The van der Waals surface area contributed by atoms with Gasteiger partial charge in [-0.3, -0.25) is 9.10 Å². The van der Waals surface area contributed by atoms with Crippen LogP contribution in [-0.4, -0.2) is 26.6 Å². The zero-order valence-corrected chi connectivity index (χ0v) is 18.7. The number of amides is 1. The Morgan fingerprint density at radius 1 is 0.906 bits per heavy atom. The number of nitrogens with zero attached hydrogens (tertiary/aromatic N) is 1. The first kappa shape index (κ1) is 23.4. The summed E-state index contributed by atoms with van der Waals surface area (Å²) in [5.41, 5.74) is 2.55. The number of sulfonamides is 1. The van der Waals surface area contributed by atoms with E-state index in [1.165, 1.54) is 6.92 Å². The van der Waals surface area contributed by atoms with E-state index in [0.29, 0.717) is 0 Å². The third-order valence-corrected chi connectivity index (χ3v) is 6.32. The summed E-state index contributed by atoms with van der Waals surface area (Å²) in [4.78, 5) is 13.2. The summed E-state index contributed by atoms with van der Waals surface area (Å²) in [5, 5.41) is 2.90. The molecule has 2 unspecified atom stereocenters. The van der Waals surface area contributed by atoms with E-state index in [4.69, 9.17) is 0 Å². The molecule has 0 saturated carbocycles. The molecular weight excluding hydrogens is 434 g/mol. The van der Waals surface area contributed by atoms with Gasteiger partial charge in [0.1, 0.15) is 6.04 Å². The average molecular weight is 459 g/mol. The van der Waals surface area contributed by atoms with Crippen LogP contribution in [0.4, 0.5) is 14.5 Å². The number of aryl methyl sites for hydroxylation is 1. The normalized spacial score (nSPS) is 13.3. The van der Waals surface area contributed by atoms with E-state index in [1.807, 2.05) is 61.5 Å². The number of rotatable bonds is 7. The first-order valence-electron chi connectivity index (χ1n) is 9.94. The molecule has 2 atom stereocenters. The zero-order valence-electron chi connectivity index (χ0n) is 17.9. The third kappa shape index (κ3) is 5.31. The van der Waals surface area contributed by atoms with E-state index in [2.05, 4.69) is 5.32 Å². The molecule has 0 saturated heterocycles. The number of hydrogen-bond donors (Lipinski definition) is 1. The zero-order chi connectivity index (χ0) is 23.5. The van der Waals surface area contributed by atoms with Crippen molar-refractivity contribution in [2.24, 2.45) is 0 Å². The number of halogens is 2. The lowest BCUT2D eigenvalue weighted by Crippen LogP contribution is -2.48. The molecule has 0 aliphatic rings. The number of carbonyl (C=O) groups is 1. The van der Waals surface area contributed by atoms with Crippen molar-refractivity contribution in [3.05, 3.63) is 101 Å². The summed E-state index contributed by atoms with van der Waals surface area (Å²) >= 11 is 0. The lowest BCUT2D eigenvalue weighted by atomic mass is 9.97. The molecule has 0 fully saturated rings. The van der Waals surface area contributed by atoms with Gasteiger partial charge < -0.3 is 5.32 Å². The van der Waals surface area contributed by atoms with E-state index in [-0.39, 0.29) is 5.69 Å². The quantitative estimate of drug-likeness (QED) is 0.573. The van der Waals surface area contributed by atoms with Crippen molar-refractivity contribution in [1.29, 1.82) is 0 Å². The van der Waals surface area contributed by atoms with Crippen molar-refractivity contribution < 1.29 is 22.0 Å². The molecule has 3 aromatic rings. The Balaban J connectivity index is 1.96. The molecule has 3 rings (SSSR count). The minimum atomic E-state index is -3.98. The maximum absolute atomic E-state index is 13.8. The van der Waals surface area contributed by atoms with E-state index in [0.717, 1.165) is 45.5 Å². The van der Waals surface area contributed by atoms with Gasteiger partial charge in [0.05, 0.1) is 18.0 Å². The fraction of sp³-hybridized carbons (Fsp3) is 0.208. The van der Waals surface area contributed by atoms with E-state index in [9.17, 15) is 22.0 Å². The molecule has 8 heteroatoms. The summed E-state index contributed by atoms with van der Waals surface area (Å²) in [6.07, 6.45) is 0.909. The number of carbonyl (C=O) groups excluding carboxylic acids is 1. The van der Waals surface area contributed by atoms with Crippen LogP contribution >= 0.6 is 0 Å². The highest BCUT2D eigenvalue weighted by molar-refractivity contribution is 7.92. The Labute approximate surface area is 186 Å². The molecular formula is C24H24F2N2O3S. The maximum atomic E-state index is 13.8. The second kappa shape index (κ2) is 9.48. The van der Waals surface area contributed by atoms with Gasteiger partial charge in [-0.05, 0) is 37.1 Å². The molecule has 0 aromatic heterocycles. The fourth-order valence-electron chi connectivity index (χ4n) is 3.46. The Bertz CT molecular complexity index is 1200. The minimum Gasteiger partial charge on any atom is -0.343 e. The van der Waals surface area contributed by atoms with Crippen molar-refractivity contribution in [3.63, 3.8) is 0 Å². The molecule has 168 valence electrons. The highest BCUT2D eigenvalue weighted by Gasteiger charge is 2.31. The van der Waals surface area contributed by atoms with Crippen LogP contribution in [0.2, 0.25) is 0 Å². The van der Waals surface area contributed by atoms with Crippen molar-refractivity contribution in [2.75, 3.05) is 10.6 Å². The number of benzene rings is 3. The smallest absolute Gasteiger partial charge is 0.244 e. The van der Waals surface area contributed by atoms with Gasteiger partial charge in [0.2, 0.25) is 15.9 Å². The Kier molecular flexibility index (Phi) is 6.93. The Morgan fingerprint density at radius 2 is 1.50 bits per heavy atom. The van der Waals surface area contributed by atoms with E-state index < -0.39 is 39.6 Å². The summed E-state index contributed by atoms with van der Waals surface area (Å²) in [5.74, 6) is -2.90. The molecule has 1 amide bonds. The first-order chi connectivity index (χ1) is 15.1. The summed E-state index contributed by atoms with van der Waals surface area (Å²) in [7, 11) is -3.98. The predicted molar refractivity (Wildman–Crippen MR) is 121 cm³/mol. The third-order valence-electron chi connectivity index (χ3n) is 5.08. The van der Waals surface area contributed by atoms with Gasteiger partial charge in [-0.1, -0.05) is 60.2 Å². The van der Waals surface area contributed by atoms with Crippen LogP contribution in [0.25, 0.3) is 0 Å². The molecule has 32 heavy (non-hydrogen) atoms. The predicted octanol–water partition coefficient (Wildman–Crippen LogP) is 4.33. The molecule has 3 aromatic carbocycles. The Hall–Kier alpha value is -3.26. The van der Waals surface area contributed by atoms with Gasteiger partial charge in [-0.25, -0.2) is 17.2 Å². The van der Waals surface area contributed by atoms with Crippen LogP contribution in [-0.2, 0) is 14.8 Å². The second-order valence-electron chi connectivity index (χ2n) is 7.60. The largest absolute Gasteiger partial charge is 0.343 e. The van der Waals surface area contributed by atoms with Crippen LogP contribution in [0.1, 0.15) is 29.7 Å². The minimum absolute atomic E-state index is 0.138. The topological polar surface area (TPSA) is 66.5 Å². The van der Waals surface area contributed by atoms with Crippen LogP contribution in [0, 0.1) is 18.6 Å². The van der Waals surface area contributed by atoms with Crippen LogP contribution < -0.4 is 9.62 Å². The summed E-state index contributed by atoms with van der Waals surface area (Å²) in [6.45, 7) is 3.35. The van der Waals surface area contributed by atoms with E-state index >= 15 is 0 Å². The van der Waals surface area contributed by atoms with Crippen LogP contribution in [0.5, 0.6) is 0 Å². The second-order valence-corrected chi connectivity index (χ2v) is 9.46. The lowest BCUT2D eigenvalue weighted by Gasteiger charge is -2.30. The number of hydrogen-bond acceptors (Lipinski definition) is 3. The SMILES string of the molecule is Cc1ccc(C(NC(=O)C(C)N(c2ccc(F)c(F)c2)S(C)(=O)=O)c2ccccc2)cc1. The van der Waals surface area contributed by atoms with Gasteiger partial charge in [-0.2, -0.15) is 0 Å². The van der Waals surface area contributed by atoms with Crippen molar-refractivity contribution >= 4 is 21.6 Å². The molecule has 0 spiro atoms. The number of anilines is 1. The van der Waals surface area contributed by atoms with Crippen LogP contribution in [0.15, 0.2) is 72.8 Å². The first-order valence-corrected chi connectivity index (χ1v) is 11.8. The summed E-state index contributed by atoms with van der Waals surface area (Å²) in [6, 6.07) is 17.8. The maximum Gasteiger partial charge on any atom is 0.244 e. The fourth-order valence-corrected chi connectivity index (χ4v) is 4.62. The molecule has 0 aliphatic carbocycles. The molecule has 0 bridgehead atoms. The molecule has 0 radical (unpaired) electrons. The molecule has 1 N–H and O–H groups in total. The molecule has 0 aliphatic heterocycles. The van der Waals surface area contributed by atoms with Crippen molar-refractivity contribution in [3.8, 4) is 0 Å². The van der Waals surface area contributed by atoms with Gasteiger partial charge >= 0.3 is 0 Å². The highest BCUT2D eigenvalue weighted by atomic mass is 32.2. The van der Waals surface area contributed by atoms with Gasteiger partial charge in [0.15, 0.2) is 11.6 Å². The van der Waals surface area contributed by atoms with Gasteiger partial charge in [0, 0.05) is 6.07 Å². The summed E-state index contributed by atoms with van der Waals surface area (Å²) < 4.78 is 52.9. The van der Waals surface area contributed by atoms with Crippen molar-refractivity contribution in [2.45, 2.75) is 25.9 Å². The van der Waals surface area contributed by atoms with Crippen molar-refractivity contribution in [1.82, 2.24) is 5.32 Å².